The molecular formula is C12H16FNO2. The van der Waals surface area contributed by atoms with E-state index in [1.54, 1.807) is 12.1 Å². The fraction of sp³-hybridized carbons (Fsp3) is 0.500. The number of nitrogens with one attached hydrogen (secondary N) is 1. The molecule has 0 spiro atoms. The van der Waals surface area contributed by atoms with E-state index in [1.807, 2.05) is 0 Å². The summed E-state index contributed by atoms with van der Waals surface area (Å²) in [7, 11) is 1.52. The standard InChI is InChI=1S/C12H16FNO2/c1-16-9-2-3-10(11(13)5-9)12-4-8(7-15)6-14-12/h2-3,5,8,12,14-15H,4,6-7H2,1H3. The van der Waals surface area contributed by atoms with Gasteiger partial charge in [0.1, 0.15) is 11.6 Å². The molecule has 2 atom stereocenters. The zero-order chi connectivity index (χ0) is 11.5. The first-order valence-corrected chi connectivity index (χ1v) is 5.42. The van der Waals surface area contributed by atoms with Crippen LogP contribution >= 0.6 is 0 Å². The molecule has 0 saturated carbocycles. The number of halogens is 1. The molecule has 1 fully saturated rings. The van der Waals surface area contributed by atoms with E-state index in [4.69, 9.17) is 9.84 Å². The maximum atomic E-state index is 13.7. The van der Waals surface area contributed by atoms with Crippen LogP contribution < -0.4 is 10.1 Å². The van der Waals surface area contributed by atoms with Crippen molar-refractivity contribution < 1.29 is 14.2 Å². The summed E-state index contributed by atoms with van der Waals surface area (Å²) >= 11 is 0. The van der Waals surface area contributed by atoms with Gasteiger partial charge < -0.3 is 15.2 Å². The van der Waals surface area contributed by atoms with Crippen molar-refractivity contribution in [1.82, 2.24) is 5.32 Å². The number of ether oxygens (including phenoxy) is 1. The number of hydrogen-bond acceptors (Lipinski definition) is 3. The number of methoxy groups -OCH3 is 1. The number of hydrogen-bond donors (Lipinski definition) is 2. The molecule has 1 aromatic carbocycles. The van der Waals surface area contributed by atoms with Gasteiger partial charge in [-0.3, -0.25) is 0 Å². The van der Waals surface area contributed by atoms with Gasteiger partial charge in [-0.2, -0.15) is 0 Å². The van der Waals surface area contributed by atoms with Crippen molar-refractivity contribution in [1.29, 1.82) is 0 Å². The van der Waals surface area contributed by atoms with Gasteiger partial charge >= 0.3 is 0 Å². The minimum Gasteiger partial charge on any atom is -0.497 e. The topological polar surface area (TPSA) is 41.5 Å². The summed E-state index contributed by atoms with van der Waals surface area (Å²) in [5.41, 5.74) is 0.650. The number of benzene rings is 1. The Balaban J connectivity index is 2.15. The molecule has 2 unspecified atom stereocenters. The Morgan fingerprint density at radius 2 is 2.38 bits per heavy atom. The average Bonchev–Trinajstić information content (AvgIpc) is 2.77. The van der Waals surface area contributed by atoms with Crippen LogP contribution in [0.4, 0.5) is 4.39 Å². The maximum absolute atomic E-state index is 13.7. The van der Waals surface area contributed by atoms with Crippen LogP contribution in [0.1, 0.15) is 18.0 Å². The quantitative estimate of drug-likeness (QED) is 0.818. The summed E-state index contributed by atoms with van der Waals surface area (Å²) in [5, 5.41) is 12.2. The van der Waals surface area contributed by atoms with Crippen molar-refractivity contribution in [3.8, 4) is 5.75 Å². The van der Waals surface area contributed by atoms with Crippen LogP contribution in [0, 0.1) is 11.7 Å². The Labute approximate surface area is 94.2 Å². The summed E-state index contributed by atoms with van der Waals surface area (Å²) in [6.07, 6.45) is 0.778. The lowest BCUT2D eigenvalue weighted by atomic mass is 10.00. The Bertz CT molecular complexity index is 370. The van der Waals surface area contributed by atoms with Gasteiger partial charge in [0.15, 0.2) is 0 Å². The molecule has 0 amide bonds. The van der Waals surface area contributed by atoms with Gasteiger partial charge in [-0.05, 0) is 18.4 Å². The monoisotopic (exact) mass is 225 g/mol. The van der Waals surface area contributed by atoms with Crippen molar-refractivity contribution >= 4 is 0 Å². The van der Waals surface area contributed by atoms with E-state index >= 15 is 0 Å². The minimum atomic E-state index is -0.254. The van der Waals surface area contributed by atoms with Crippen molar-refractivity contribution in [2.75, 3.05) is 20.3 Å². The molecule has 2 N–H and O–H groups in total. The highest BCUT2D eigenvalue weighted by atomic mass is 19.1. The Hall–Kier alpha value is -1.13. The number of rotatable bonds is 3. The van der Waals surface area contributed by atoms with E-state index in [0.717, 1.165) is 13.0 Å². The lowest BCUT2D eigenvalue weighted by Gasteiger charge is -2.12. The van der Waals surface area contributed by atoms with E-state index < -0.39 is 0 Å². The first-order valence-electron chi connectivity index (χ1n) is 5.42. The van der Waals surface area contributed by atoms with Gasteiger partial charge in [-0.15, -0.1) is 0 Å². The zero-order valence-corrected chi connectivity index (χ0v) is 9.24. The first kappa shape index (κ1) is 11.4. The fourth-order valence-corrected chi connectivity index (χ4v) is 2.10. The molecule has 3 nitrogen and oxygen atoms in total. The molecule has 1 saturated heterocycles. The highest BCUT2D eigenvalue weighted by molar-refractivity contribution is 5.31. The second-order valence-electron chi connectivity index (χ2n) is 4.13. The molecule has 16 heavy (non-hydrogen) atoms. The lowest BCUT2D eigenvalue weighted by Crippen LogP contribution is -2.15. The van der Waals surface area contributed by atoms with Crippen LogP contribution in [0.15, 0.2) is 18.2 Å². The predicted octanol–water partition coefficient (Wildman–Crippen LogP) is 1.48. The summed E-state index contributed by atoms with van der Waals surface area (Å²) < 4.78 is 18.7. The zero-order valence-electron chi connectivity index (χ0n) is 9.24. The van der Waals surface area contributed by atoms with Gasteiger partial charge in [0.2, 0.25) is 0 Å². The van der Waals surface area contributed by atoms with Crippen LogP contribution in [-0.4, -0.2) is 25.4 Å². The predicted molar refractivity (Wildman–Crippen MR) is 58.9 cm³/mol. The minimum absolute atomic E-state index is 0.00283. The molecular weight excluding hydrogens is 209 g/mol. The Morgan fingerprint density at radius 3 is 2.94 bits per heavy atom. The highest BCUT2D eigenvalue weighted by Gasteiger charge is 2.26. The normalized spacial score (nSPS) is 24.7. The Kier molecular flexibility index (Phi) is 3.41. The average molecular weight is 225 g/mol. The van der Waals surface area contributed by atoms with Gasteiger partial charge in [-0.1, -0.05) is 6.07 Å². The van der Waals surface area contributed by atoms with Gasteiger partial charge in [0.05, 0.1) is 7.11 Å². The van der Waals surface area contributed by atoms with Crippen molar-refractivity contribution in [3.05, 3.63) is 29.6 Å². The van der Waals surface area contributed by atoms with Crippen molar-refractivity contribution in [2.24, 2.45) is 5.92 Å². The van der Waals surface area contributed by atoms with Crippen LogP contribution in [-0.2, 0) is 0 Å². The molecule has 0 radical (unpaired) electrons. The van der Waals surface area contributed by atoms with Crippen LogP contribution in [0.3, 0.4) is 0 Å². The molecule has 1 aliphatic heterocycles. The molecule has 0 aliphatic carbocycles. The van der Waals surface area contributed by atoms with Crippen LogP contribution in [0.2, 0.25) is 0 Å². The van der Waals surface area contributed by atoms with Crippen molar-refractivity contribution in [2.45, 2.75) is 12.5 Å². The van der Waals surface area contributed by atoms with E-state index in [1.165, 1.54) is 13.2 Å². The third-order valence-corrected chi connectivity index (χ3v) is 3.06. The van der Waals surface area contributed by atoms with Crippen LogP contribution in [0.25, 0.3) is 0 Å². The Morgan fingerprint density at radius 1 is 1.56 bits per heavy atom. The van der Waals surface area contributed by atoms with E-state index in [0.29, 0.717) is 11.3 Å². The van der Waals surface area contributed by atoms with E-state index in [2.05, 4.69) is 5.32 Å². The highest BCUT2D eigenvalue weighted by Crippen LogP contribution is 2.30. The molecule has 0 aromatic heterocycles. The smallest absolute Gasteiger partial charge is 0.131 e. The SMILES string of the molecule is COc1ccc(C2CC(CO)CN2)c(F)c1. The first-order chi connectivity index (χ1) is 7.74. The molecule has 0 bridgehead atoms. The second kappa shape index (κ2) is 4.80. The largest absolute Gasteiger partial charge is 0.497 e. The molecule has 4 heteroatoms. The summed E-state index contributed by atoms with van der Waals surface area (Å²) in [6.45, 7) is 0.897. The molecule has 2 rings (SSSR count). The molecule has 1 aliphatic rings. The summed E-state index contributed by atoms with van der Waals surface area (Å²) in [5.74, 6) is 0.500. The number of aliphatic hydroxyl groups excluding tert-OH is 1. The third-order valence-electron chi connectivity index (χ3n) is 3.06. The maximum Gasteiger partial charge on any atom is 0.131 e. The van der Waals surface area contributed by atoms with E-state index in [9.17, 15) is 4.39 Å². The lowest BCUT2D eigenvalue weighted by molar-refractivity contribution is 0.235. The third kappa shape index (κ3) is 2.18. The van der Waals surface area contributed by atoms with Gasteiger partial charge in [0.25, 0.3) is 0 Å². The molecule has 1 heterocycles. The summed E-state index contributed by atoms with van der Waals surface area (Å²) in [6, 6.07) is 4.89. The molecule has 1 aromatic rings. The second-order valence-corrected chi connectivity index (χ2v) is 4.13. The van der Waals surface area contributed by atoms with Crippen molar-refractivity contribution in [3.63, 3.8) is 0 Å². The summed E-state index contributed by atoms with van der Waals surface area (Å²) in [4.78, 5) is 0. The van der Waals surface area contributed by atoms with Gasteiger partial charge in [-0.25, -0.2) is 4.39 Å². The molecule has 88 valence electrons. The van der Waals surface area contributed by atoms with Crippen LogP contribution in [0.5, 0.6) is 5.75 Å². The fourth-order valence-electron chi connectivity index (χ4n) is 2.10. The number of aliphatic hydroxyl groups is 1. The van der Waals surface area contributed by atoms with Gasteiger partial charge in [0, 0.05) is 30.8 Å². The van der Waals surface area contributed by atoms with E-state index in [-0.39, 0.29) is 24.4 Å².